The summed E-state index contributed by atoms with van der Waals surface area (Å²) in [5, 5.41) is 7.85. The second kappa shape index (κ2) is 5.63. The lowest BCUT2D eigenvalue weighted by Crippen LogP contribution is -2.24. The van der Waals surface area contributed by atoms with Gasteiger partial charge < -0.3 is 5.32 Å². The Bertz CT molecular complexity index is 610. The molecule has 0 fully saturated rings. The smallest absolute Gasteiger partial charge is 0.248 e. The monoisotopic (exact) mass is 297 g/mol. The molecule has 0 spiro atoms. The highest BCUT2D eigenvalue weighted by Crippen LogP contribution is 2.25. The summed E-state index contributed by atoms with van der Waals surface area (Å²) in [4.78, 5) is 12.1. The van der Waals surface area contributed by atoms with Crippen LogP contribution in [-0.4, -0.2) is 15.7 Å². The van der Waals surface area contributed by atoms with Gasteiger partial charge in [-0.05, 0) is 38.1 Å². The molecule has 1 N–H and O–H groups in total. The third-order valence-electron chi connectivity index (χ3n) is 2.71. The normalized spacial score (nSPS) is 12.2. The average molecular weight is 298 g/mol. The zero-order chi connectivity index (χ0) is 14.0. The van der Waals surface area contributed by atoms with E-state index in [9.17, 15) is 4.79 Å². The van der Waals surface area contributed by atoms with Crippen LogP contribution >= 0.6 is 23.2 Å². The first-order chi connectivity index (χ1) is 8.97. The minimum atomic E-state index is -0.400. The molecule has 6 heteroatoms. The fraction of sp³-hybridized carbons (Fsp3) is 0.231. The van der Waals surface area contributed by atoms with Gasteiger partial charge >= 0.3 is 0 Å². The molecule has 0 saturated carbocycles. The highest BCUT2D eigenvalue weighted by molar-refractivity contribution is 6.42. The van der Waals surface area contributed by atoms with Gasteiger partial charge in [0.25, 0.3) is 0 Å². The van der Waals surface area contributed by atoms with Crippen molar-refractivity contribution in [3.05, 3.63) is 46.2 Å². The van der Waals surface area contributed by atoms with Gasteiger partial charge in [-0.3, -0.25) is 9.48 Å². The predicted molar refractivity (Wildman–Crippen MR) is 76.8 cm³/mol. The number of carbonyl (C=O) groups is 1. The van der Waals surface area contributed by atoms with Crippen molar-refractivity contribution in [3.63, 3.8) is 0 Å². The standard InChI is InChI=1S/C13H13Cl2N3O/c1-8-5-6-18(17-8)9(2)13(19)16-10-3-4-11(14)12(15)7-10/h3-7,9H,1-2H3,(H,16,19). The molecule has 0 aliphatic rings. The van der Waals surface area contributed by atoms with Gasteiger partial charge in [-0.25, -0.2) is 0 Å². The summed E-state index contributed by atoms with van der Waals surface area (Å²) < 4.78 is 1.61. The van der Waals surface area contributed by atoms with E-state index in [-0.39, 0.29) is 5.91 Å². The van der Waals surface area contributed by atoms with Crippen LogP contribution in [0.1, 0.15) is 18.7 Å². The number of nitrogens with zero attached hydrogens (tertiary/aromatic N) is 2. The Morgan fingerprint density at radius 1 is 1.32 bits per heavy atom. The van der Waals surface area contributed by atoms with Gasteiger partial charge in [0.15, 0.2) is 0 Å². The number of carbonyl (C=O) groups excluding carboxylic acids is 1. The number of aromatic nitrogens is 2. The van der Waals surface area contributed by atoms with Crippen molar-refractivity contribution in [2.24, 2.45) is 0 Å². The zero-order valence-corrected chi connectivity index (χ0v) is 12.0. The quantitative estimate of drug-likeness (QED) is 0.939. The maximum Gasteiger partial charge on any atom is 0.248 e. The number of amides is 1. The second-order valence-corrected chi connectivity index (χ2v) is 5.05. The van der Waals surface area contributed by atoms with Gasteiger partial charge in [0, 0.05) is 11.9 Å². The molecule has 0 bridgehead atoms. The first-order valence-corrected chi connectivity index (χ1v) is 6.50. The van der Waals surface area contributed by atoms with Gasteiger partial charge in [-0.2, -0.15) is 5.10 Å². The molecule has 1 unspecified atom stereocenters. The molecule has 100 valence electrons. The van der Waals surface area contributed by atoms with Crippen LogP contribution in [0.25, 0.3) is 0 Å². The number of halogens is 2. The number of anilines is 1. The summed E-state index contributed by atoms with van der Waals surface area (Å²) in [6, 6.07) is 6.41. The number of rotatable bonds is 3. The van der Waals surface area contributed by atoms with Gasteiger partial charge in [0.1, 0.15) is 6.04 Å². The molecular formula is C13H13Cl2N3O. The SMILES string of the molecule is Cc1ccn(C(C)C(=O)Nc2ccc(Cl)c(Cl)c2)n1. The molecule has 1 aromatic carbocycles. The van der Waals surface area contributed by atoms with E-state index in [1.807, 2.05) is 13.0 Å². The average Bonchev–Trinajstić information content (AvgIpc) is 2.79. The van der Waals surface area contributed by atoms with Crippen molar-refractivity contribution >= 4 is 34.8 Å². The van der Waals surface area contributed by atoms with Crippen LogP contribution in [-0.2, 0) is 4.79 Å². The molecule has 1 atom stereocenters. The van der Waals surface area contributed by atoms with Gasteiger partial charge in [0.05, 0.1) is 15.7 Å². The van der Waals surface area contributed by atoms with E-state index in [4.69, 9.17) is 23.2 Å². The van der Waals surface area contributed by atoms with Crippen LogP contribution in [0.3, 0.4) is 0 Å². The topological polar surface area (TPSA) is 46.9 Å². The number of hydrogen-bond acceptors (Lipinski definition) is 2. The van der Waals surface area contributed by atoms with Crippen LogP contribution in [0.4, 0.5) is 5.69 Å². The minimum Gasteiger partial charge on any atom is -0.324 e. The first kappa shape index (κ1) is 13.9. The maximum absolute atomic E-state index is 12.1. The van der Waals surface area contributed by atoms with Crippen molar-refractivity contribution in [2.45, 2.75) is 19.9 Å². The van der Waals surface area contributed by atoms with Crippen LogP contribution in [0.2, 0.25) is 10.0 Å². The summed E-state index contributed by atoms with van der Waals surface area (Å²) >= 11 is 11.7. The Balaban J connectivity index is 2.10. The molecule has 0 radical (unpaired) electrons. The fourth-order valence-corrected chi connectivity index (χ4v) is 1.89. The van der Waals surface area contributed by atoms with E-state index in [1.54, 1.807) is 36.0 Å². The highest BCUT2D eigenvalue weighted by atomic mass is 35.5. The number of benzene rings is 1. The van der Waals surface area contributed by atoms with E-state index in [1.165, 1.54) is 0 Å². The molecule has 1 aromatic heterocycles. The highest BCUT2D eigenvalue weighted by Gasteiger charge is 2.15. The molecule has 2 rings (SSSR count). The predicted octanol–water partition coefficient (Wildman–Crippen LogP) is 3.70. The molecule has 2 aromatic rings. The van der Waals surface area contributed by atoms with Crippen LogP contribution < -0.4 is 5.32 Å². The van der Waals surface area contributed by atoms with E-state index in [0.29, 0.717) is 15.7 Å². The lowest BCUT2D eigenvalue weighted by molar-refractivity contribution is -0.119. The second-order valence-electron chi connectivity index (χ2n) is 4.23. The molecule has 19 heavy (non-hydrogen) atoms. The molecule has 0 aliphatic carbocycles. The van der Waals surface area contributed by atoms with E-state index >= 15 is 0 Å². The molecule has 1 heterocycles. The van der Waals surface area contributed by atoms with E-state index in [2.05, 4.69) is 10.4 Å². The van der Waals surface area contributed by atoms with E-state index in [0.717, 1.165) is 5.69 Å². The Kier molecular flexibility index (Phi) is 4.12. The first-order valence-electron chi connectivity index (χ1n) is 5.75. The van der Waals surface area contributed by atoms with Crippen LogP contribution in [0.15, 0.2) is 30.5 Å². The zero-order valence-electron chi connectivity index (χ0n) is 10.5. The largest absolute Gasteiger partial charge is 0.324 e. The van der Waals surface area contributed by atoms with Crippen molar-refractivity contribution in [1.29, 1.82) is 0 Å². The summed E-state index contributed by atoms with van der Waals surface area (Å²) in [5.41, 5.74) is 1.48. The lowest BCUT2D eigenvalue weighted by Gasteiger charge is -2.13. The van der Waals surface area contributed by atoms with Crippen molar-refractivity contribution in [2.75, 3.05) is 5.32 Å². The third kappa shape index (κ3) is 3.28. The third-order valence-corrected chi connectivity index (χ3v) is 3.44. The maximum atomic E-state index is 12.1. The summed E-state index contributed by atoms with van der Waals surface area (Å²) in [7, 11) is 0. The van der Waals surface area contributed by atoms with E-state index < -0.39 is 6.04 Å². The van der Waals surface area contributed by atoms with Crippen molar-refractivity contribution < 1.29 is 4.79 Å². The van der Waals surface area contributed by atoms with Gasteiger partial charge in [-0.15, -0.1) is 0 Å². The molecular weight excluding hydrogens is 285 g/mol. The molecule has 1 amide bonds. The Morgan fingerprint density at radius 2 is 2.05 bits per heavy atom. The van der Waals surface area contributed by atoms with Gasteiger partial charge in [0.2, 0.25) is 5.91 Å². The summed E-state index contributed by atoms with van der Waals surface area (Å²) in [6.07, 6.45) is 1.77. The number of hydrogen-bond donors (Lipinski definition) is 1. The lowest BCUT2D eigenvalue weighted by atomic mass is 10.2. The van der Waals surface area contributed by atoms with Crippen molar-refractivity contribution in [1.82, 2.24) is 9.78 Å². The van der Waals surface area contributed by atoms with Crippen molar-refractivity contribution in [3.8, 4) is 0 Å². The molecule has 0 saturated heterocycles. The van der Waals surface area contributed by atoms with Crippen LogP contribution in [0.5, 0.6) is 0 Å². The number of aryl methyl sites for hydroxylation is 1. The Hall–Kier alpha value is -1.52. The minimum absolute atomic E-state index is 0.165. The number of nitrogens with one attached hydrogen (secondary N) is 1. The molecule has 4 nitrogen and oxygen atoms in total. The Morgan fingerprint density at radius 3 is 2.63 bits per heavy atom. The Labute approximate surface area is 121 Å². The summed E-state index contributed by atoms with van der Waals surface area (Å²) in [5.74, 6) is -0.165. The fourth-order valence-electron chi connectivity index (χ4n) is 1.59. The van der Waals surface area contributed by atoms with Gasteiger partial charge in [-0.1, -0.05) is 23.2 Å². The van der Waals surface area contributed by atoms with Crippen LogP contribution in [0, 0.1) is 6.92 Å². The summed E-state index contributed by atoms with van der Waals surface area (Å²) in [6.45, 7) is 3.65. The molecule has 0 aliphatic heterocycles.